The molecule has 30 heavy (non-hydrogen) atoms. The molecule has 2 aromatic rings. The summed E-state index contributed by atoms with van der Waals surface area (Å²) in [5.74, 6) is -1.84. The molecule has 2 aromatic carbocycles. The summed E-state index contributed by atoms with van der Waals surface area (Å²) in [6.45, 7) is 0.492. The van der Waals surface area contributed by atoms with Gasteiger partial charge in [0.15, 0.2) is 0 Å². The van der Waals surface area contributed by atoms with E-state index in [1.165, 1.54) is 24.3 Å². The first kappa shape index (κ1) is 23.8. The summed E-state index contributed by atoms with van der Waals surface area (Å²) in [4.78, 5) is 25.3. The van der Waals surface area contributed by atoms with Gasteiger partial charge >= 0.3 is 0 Å². The molecule has 5 nitrogen and oxygen atoms in total. The highest BCUT2D eigenvalue weighted by Gasteiger charge is 2.61. The van der Waals surface area contributed by atoms with Crippen LogP contribution in [0.3, 0.4) is 0 Å². The second-order valence-corrected chi connectivity index (χ2v) is 7.75. The molecule has 1 fully saturated rings. The average Bonchev–Trinajstić information content (AvgIpc) is 3.08. The van der Waals surface area contributed by atoms with Gasteiger partial charge in [0.25, 0.3) is 0 Å². The standard InChI is InChI=1S/C22H25F2N3O2.ClH/c23-17-5-1-15(2-6-17)9-11-21(19(25)28)13-27-14-22(21,20(26)29)12-10-16-3-7-18(24)8-4-16;/h1-8,27H,9-14H2,(H2,25,28)(H2,26,29);1H. The molecule has 0 bridgehead atoms. The van der Waals surface area contributed by atoms with Crippen molar-refractivity contribution in [2.75, 3.05) is 13.1 Å². The molecule has 2 unspecified atom stereocenters. The Hall–Kier alpha value is -2.51. The van der Waals surface area contributed by atoms with Gasteiger partial charge in [-0.05, 0) is 61.1 Å². The molecular formula is C22H26ClF2N3O2. The Morgan fingerprint density at radius 2 is 1.10 bits per heavy atom. The van der Waals surface area contributed by atoms with Crippen LogP contribution in [0.1, 0.15) is 24.0 Å². The van der Waals surface area contributed by atoms with Gasteiger partial charge in [-0.3, -0.25) is 9.59 Å². The van der Waals surface area contributed by atoms with Crippen molar-refractivity contribution < 1.29 is 18.4 Å². The minimum Gasteiger partial charge on any atom is -0.369 e. The second-order valence-electron chi connectivity index (χ2n) is 7.75. The molecule has 0 aromatic heterocycles. The van der Waals surface area contributed by atoms with Crippen molar-refractivity contribution in [1.29, 1.82) is 0 Å². The van der Waals surface area contributed by atoms with Crippen LogP contribution < -0.4 is 16.8 Å². The number of halogens is 3. The molecule has 0 saturated carbocycles. The van der Waals surface area contributed by atoms with E-state index in [0.29, 0.717) is 25.7 Å². The Morgan fingerprint density at radius 3 is 1.40 bits per heavy atom. The second kappa shape index (κ2) is 9.53. The number of nitrogens with two attached hydrogens (primary N) is 2. The van der Waals surface area contributed by atoms with Gasteiger partial charge in [-0.2, -0.15) is 0 Å². The Morgan fingerprint density at radius 1 is 0.767 bits per heavy atom. The molecule has 1 saturated heterocycles. The highest BCUT2D eigenvalue weighted by molar-refractivity contribution is 5.93. The SMILES string of the molecule is Cl.NC(=O)C1(CCc2ccc(F)cc2)CNCC1(CCc1ccc(F)cc1)C(N)=O. The third-order valence-electron chi connectivity index (χ3n) is 6.22. The van der Waals surface area contributed by atoms with Crippen LogP contribution in [0.5, 0.6) is 0 Å². The summed E-state index contributed by atoms with van der Waals surface area (Å²) < 4.78 is 26.4. The lowest BCUT2D eigenvalue weighted by molar-refractivity contribution is -0.145. The highest BCUT2D eigenvalue weighted by Crippen LogP contribution is 2.49. The lowest BCUT2D eigenvalue weighted by atomic mass is 9.59. The lowest BCUT2D eigenvalue weighted by Crippen LogP contribution is -2.57. The molecule has 1 aliphatic rings. The summed E-state index contributed by atoms with van der Waals surface area (Å²) in [6.07, 6.45) is 1.54. The number of aryl methyl sites for hydroxylation is 2. The molecule has 0 radical (unpaired) electrons. The monoisotopic (exact) mass is 437 g/mol. The van der Waals surface area contributed by atoms with E-state index < -0.39 is 22.6 Å². The Kier molecular flexibility index (Phi) is 7.55. The van der Waals surface area contributed by atoms with Crippen molar-refractivity contribution in [2.45, 2.75) is 25.7 Å². The summed E-state index contributed by atoms with van der Waals surface area (Å²) in [5, 5.41) is 3.14. The zero-order valence-electron chi connectivity index (χ0n) is 16.5. The van der Waals surface area contributed by atoms with Crippen molar-refractivity contribution in [1.82, 2.24) is 5.32 Å². The van der Waals surface area contributed by atoms with E-state index in [0.717, 1.165) is 11.1 Å². The maximum atomic E-state index is 13.2. The first-order chi connectivity index (χ1) is 13.8. The van der Waals surface area contributed by atoms with Crippen LogP contribution >= 0.6 is 12.4 Å². The van der Waals surface area contributed by atoms with Crippen LogP contribution in [-0.4, -0.2) is 24.9 Å². The van der Waals surface area contributed by atoms with Crippen molar-refractivity contribution in [3.05, 3.63) is 71.3 Å². The number of amides is 2. The van der Waals surface area contributed by atoms with Crippen LogP contribution in [0.2, 0.25) is 0 Å². The van der Waals surface area contributed by atoms with Gasteiger partial charge < -0.3 is 16.8 Å². The fourth-order valence-corrected chi connectivity index (χ4v) is 4.39. The quantitative estimate of drug-likeness (QED) is 0.591. The van der Waals surface area contributed by atoms with Crippen molar-refractivity contribution in [2.24, 2.45) is 22.3 Å². The molecule has 8 heteroatoms. The fraction of sp³-hybridized carbons (Fsp3) is 0.364. The number of carbonyl (C=O) groups is 2. The van der Waals surface area contributed by atoms with Crippen LogP contribution in [0.25, 0.3) is 0 Å². The molecule has 5 N–H and O–H groups in total. The number of carbonyl (C=O) groups excluding carboxylic acids is 2. The topological polar surface area (TPSA) is 98.2 Å². The van der Waals surface area contributed by atoms with Gasteiger partial charge in [0.2, 0.25) is 11.8 Å². The molecule has 3 rings (SSSR count). The van der Waals surface area contributed by atoms with Gasteiger partial charge in [-0.15, -0.1) is 12.4 Å². The van der Waals surface area contributed by atoms with Crippen LogP contribution in [0.4, 0.5) is 8.78 Å². The number of primary amides is 2. The van der Waals surface area contributed by atoms with E-state index >= 15 is 0 Å². The summed E-state index contributed by atoms with van der Waals surface area (Å²) >= 11 is 0. The summed E-state index contributed by atoms with van der Waals surface area (Å²) in [5.41, 5.74) is 11.0. The first-order valence-corrected chi connectivity index (χ1v) is 9.58. The maximum absolute atomic E-state index is 13.2. The third-order valence-corrected chi connectivity index (χ3v) is 6.22. The third kappa shape index (κ3) is 4.47. The predicted molar refractivity (Wildman–Crippen MR) is 113 cm³/mol. The number of hydrogen-bond acceptors (Lipinski definition) is 3. The van der Waals surface area contributed by atoms with E-state index in [1.54, 1.807) is 24.3 Å². The van der Waals surface area contributed by atoms with E-state index in [9.17, 15) is 18.4 Å². The average molecular weight is 438 g/mol. The van der Waals surface area contributed by atoms with Crippen LogP contribution in [-0.2, 0) is 22.4 Å². The summed E-state index contributed by atoms with van der Waals surface area (Å²) in [6, 6.07) is 12.0. The molecule has 0 spiro atoms. The maximum Gasteiger partial charge on any atom is 0.226 e. The number of hydrogen-bond donors (Lipinski definition) is 3. The van der Waals surface area contributed by atoms with E-state index in [2.05, 4.69) is 5.32 Å². The van der Waals surface area contributed by atoms with Gasteiger partial charge in [0.1, 0.15) is 11.6 Å². The molecule has 162 valence electrons. The molecule has 2 amide bonds. The van der Waals surface area contributed by atoms with Crippen molar-refractivity contribution in [3.63, 3.8) is 0 Å². The van der Waals surface area contributed by atoms with Crippen LogP contribution in [0.15, 0.2) is 48.5 Å². The first-order valence-electron chi connectivity index (χ1n) is 9.58. The zero-order valence-corrected chi connectivity index (χ0v) is 17.3. The zero-order chi connectivity index (χ0) is 21.1. The fourth-order valence-electron chi connectivity index (χ4n) is 4.39. The van der Waals surface area contributed by atoms with Crippen molar-refractivity contribution in [3.8, 4) is 0 Å². The van der Waals surface area contributed by atoms with Crippen LogP contribution in [0, 0.1) is 22.5 Å². The molecule has 1 aliphatic heterocycles. The van der Waals surface area contributed by atoms with E-state index in [4.69, 9.17) is 11.5 Å². The minimum absolute atomic E-state index is 0. The molecule has 1 heterocycles. The number of nitrogens with one attached hydrogen (secondary N) is 1. The van der Waals surface area contributed by atoms with Gasteiger partial charge in [0, 0.05) is 13.1 Å². The van der Waals surface area contributed by atoms with E-state index in [-0.39, 0.29) is 37.1 Å². The Balaban J connectivity index is 0.00000320. The largest absolute Gasteiger partial charge is 0.369 e. The van der Waals surface area contributed by atoms with Crippen molar-refractivity contribution >= 4 is 24.2 Å². The Labute approximate surface area is 180 Å². The minimum atomic E-state index is -1.16. The Bertz CT molecular complexity index is 819. The van der Waals surface area contributed by atoms with Gasteiger partial charge in [-0.25, -0.2) is 8.78 Å². The molecule has 2 atom stereocenters. The summed E-state index contributed by atoms with van der Waals surface area (Å²) in [7, 11) is 0. The predicted octanol–water partition coefficient (Wildman–Crippen LogP) is 2.50. The van der Waals surface area contributed by atoms with Gasteiger partial charge in [-0.1, -0.05) is 24.3 Å². The lowest BCUT2D eigenvalue weighted by Gasteiger charge is -2.41. The molecular weight excluding hydrogens is 412 g/mol. The number of benzene rings is 2. The smallest absolute Gasteiger partial charge is 0.226 e. The molecule has 0 aliphatic carbocycles. The number of rotatable bonds is 8. The van der Waals surface area contributed by atoms with E-state index in [1.807, 2.05) is 0 Å². The van der Waals surface area contributed by atoms with Gasteiger partial charge in [0.05, 0.1) is 10.8 Å². The highest BCUT2D eigenvalue weighted by atomic mass is 35.5. The normalized spacial score (nSPS) is 23.0.